The Morgan fingerprint density at radius 2 is 1.96 bits per heavy atom. The second kappa shape index (κ2) is 6.78. The average Bonchev–Trinajstić information content (AvgIpc) is 2.88. The van der Waals surface area contributed by atoms with Crippen LogP contribution in [0, 0.1) is 31.6 Å². The Balaban J connectivity index is 1.51. The SMILES string of the molecule is Cc1nc2c(c(C)c1CNC(=O)C1CC3CCCC(C1)C3N)c(=O)[nH]n2C. The summed E-state index contributed by atoms with van der Waals surface area (Å²) in [4.78, 5) is 29.6. The van der Waals surface area contributed by atoms with Crippen molar-refractivity contribution in [1.82, 2.24) is 20.1 Å². The minimum absolute atomic E-state index is 0.0533. The summed E-state index contributed by atoms with van der Waals surface area (Å²) >= 11 is 0. The molecule has 4 N–H and O–H groups in total. The van der Waals surface area contributed by atoms with E-state index in [4.69, 9.17) is 5.73 Å². The lowest BCUT2D eigenvalue weighted by molar-refractivity contribution is -0.128. The van der Waals surface area contributed by atoms with Crippen LogP contribution in [0.4, 0.5) is 0 Å². The van der Waals surface area contributed by atoms with Gasteiger partial charge >= 0.3 is 0 Å². The lowest BCUT2D eigenvalue weighted by Crippen LogP contribution is -2.49. The van der Waals surface area contributed by atoms with Gasteiger partial charge in [0.1, 0.15) is 0 Å². The Morgan fingerprint density at radius 1 is 1.30 bits per heavy atom. The van der Waals surface area contributed by atoms with E-state index < -0.39 is 0 Å². The molecule has 2 atom stereocenters. The summed E-state index contributed by atoms with van der Waals surface area (Å²) in [5, 5.41) is 6.46. The highest BCUT2D eigenvalue weighted by molar-refractivity contribution is 5.81. The third kappa shape index (κ3) is 3.08. The van der Waals surface area contributed by atoms with Crippen molar-refractivity contribution in [3.63, 3.8) is 0 Å². The topological polar surface area (TPSA) is 106 Å². The molecule has 27 heavy (non-hydrogen) atoms. The van der Waals surface area contributed by atoms with Crippen molar-refractivity contribution < 1.29 is 4.79 Å². The minimum atomic E-state index is -0.140. The summed E-state index contributed by atoms with van der Waals surface area (Å²) in [6.07, 6.45) is 5.34. The quantitative estimate of drug-likeness (QED) is 0.763. The molecule has 1 amide bonds. The van der Waals surface area contributed by atoms with E-state index in [0.29, 0.717) is 29.4 Å². The number of fused-ring (bicyclic) bond motifs is 3. The molecule has 2 aliphatic rings. The summed E-state index contributed by atoms with van der Waals surface area (Å²) in [6.45, 7) is 4.26. The molecule has 7 nitrogen and oxygen atoms in total. The Labute approximate surface area is 158 Å². The van der Waals surface area contributed by atoms with Gasteiger partial charge in [0, 0.05) is 31.2 Å². The van der Waals surface area contributed by atoms with E-state index in [2.05, 4.69) is 15.4 Å². The fourth-order valence-electron chi connectivity index (χ4n) is 5.23. The molecule has 0 aromatic carbocycles. The predicted molar refractivity (Wildman–Crippen MR) is 104 cm³/mol. The average molecular weight is 371 g/mol. The van der Waals surface area contributed by atoms with Crippen LogP contribution in [0.1, 0.15) is 48.9 Å². The van der Waals surface area contributed by atoms with Crippen molar-refractivity contribution in [3.05, 3.63) is 27.2 Å². The third-order valence-electron chi connectivity index (χ3n) is 6.80. The second-order valence-electron chi connectivity index (χ2n) is 8.41. The molecule has 2 unspecified atom stereocenters. The van der Waals surface area contributed by atoms with Crippen molar-refractivity contribution in [2.45, 2.75) is 58.5 Å². The number of rotatable bonds is 3. The third-order valence-corrected chi connectivity index (χ3v) is 6.80. The first-order valence-corrected chi connectivity index (χ1v) is 9.95. The van der Waals surface area contributed by atoms with Crippen LogP contribution in [0.15, 0.2) is 4.79 Å². The Bertz CT molecular complexity index is 930. The molecule has 7 heteroatoms. The lowest BCUT2D eigenvalue weighted by Gasteiger charge is -2.43. The summed E-state index contributed by atoms with van der Waals surface area (Å²) in [6, 6.07) is 0.267. The maximum Gasteiger partial charge on any atom is 0.273 e. The van der Waals surface area contributed by atoms with E-state index >= 15 is 0 Å². The number of nitrogens with two attached hydrogens (primary N) is 1. The number of amides is 1. The molecule has 2 aromatic heterocycles. The summed E-state index contributed by atoms with van der Waals surface area (Å²) < 4.78 is 1.64. The summed E-state index contributed by atoms with van der Waals surface area (Å²) in [5.41, 5.74) is 9.52. The van der Waals surface area contributed by atoms with Crippen LogP contribution in [-0.4, -0.2) is 26.7 Å². The van der Waals surface area contributed by atoms with E-state index in [1.54, 1.807) is 11.7 Å². The van der Waals surface area contributed by atoms with Crippen molar-refractivity contribution in [2.24, 2.45) is 30.5 Å². The summed E-state index contributed by atoms with van der Waals surface area (Å²) in [7, 11) is 1.78. The maximum absolute atomic E-state index is 12.8. The van der Waals surface area contributed by atoms with Crippen LogP contribution >= 0.6 is 0 Å². The van der Waals surface area contributed by atoms with E-state index in [1.807, 2.05) is 13.8 Å². The number of aromatic nitrogens is 3. The van der Waals surface area contributed by atoms with Crippen LogP contribution < -0.4 is 16.6 Å². The minimum Gasteiger partial charge on any atom is -0.352 e. The molecular formula is C20H29N5O2. The largest absolute Gasteiger partial charge is 0.352 e. The number of nitrogens with one attached hydrogen (secondary N) is 2. The molecule has 2 aliphatic carbocycles. The Kier molecular flexibility index (Phi) is 4.58. The number of aryl methyl sites for hydroxylation is 3. The number of H-pyrrole nitrogens is 1. The van der Waals surface area contributed by atoms with Crippen molar-refractivity contribution in [1.29, 1.82) is 0 Å². The number of hydrogen-bond acceptors (Lipinski definition) is 4. The van der Waals surface area contributed by atoms with Crippen LogP contribution in [0.3, 0.4) is 0 Å². The van der Waals surface area contributed by atoms with Crippen LogP contribution in [0.25, 0.3) is 11.0 Å². The zero-order chi connectivity index (χ0) is 19.3. The van der Waals surface area contributed by atoms with E-state index in [0.717, 1.165) is 42.5 Å². The Hall–Kier alpha value is -2.15. The number of carbonyl (C=O) groups excluding carboxylic acids is 1. The van der Waals surface area contributed by atoms with Gasteiger partial charge in [-0.1, -0.05) is 6.42 Å². The number of carbonyl (C=O) groups is 1. The van der Waals surface area contributed by atoms with Gasteiger partial charge in [-0.3, -0.25) is 19.4 Å². The van der Waals surface area contributed by atoms with Gasteiger partial charge in [0.2, 0.25) is 5.91 Å². The molecule has 4 rings (SSSR count). The first kappa shape index (κ1) is 18.2. The fourth-order valence-corrected chi connectivity index (χ4v) is 5.23. The molecule has 0 spiro atoms. The Morgan fingerprint density at radius 3 is 2.63 bits per heavy atom. The first-order chi connectivity index (χ1) is 12.9. The smallest absolute Gasteiger partial charge is 0.273 e. The van der Waals surface area contributed by atoms with Crippen molar-refractivity contribution in [2.75, 3.05) is 0 Å². The molecule has 146 valence electrons. The maximum atomic E-state index is 12.8. The van der Waals surface area contributed by atoms with E-state index in [1.165, 1.54) is 6.42 Å². The molecule has 0 aliphatic heterocycles. The summed E-state index contributed by atoms with van der Waals surface area (Å²) in [5.74, 6) is 1.13. The van der Waals surface area contributed by atoms with Gasteiger partial charge in [-0.25, -0.2) is 4.98 Å². The molecule has 2 bridgehead atoms. The van der Waals surface area contributed by atoms with Crippen molar-refractivity contribution >= 4 is 16.9 Å². The van der Waals surface area contributed by atoms with Gasteiger partial charge in [0.15, 0.2) is 5.65 Å². The normalized spacial score (nSPS) is 27.7. The number of nitrogens with zero attached hydrogens (tertiary/aromatic N) is 2. The van der Waals surface area contributed by atoms with Crippen LogP contribution in [-0.2, 0) is 18.4 Å². The standard InChI is InChI=1S/C20H29N5O2/c1-10-15(11(2)23-18-16(10)20(27)24-25(18)3)9-22-19(26)14-7-12-5-4-6-13(8-14)17(12)21/h12-14,17H,4-9,21H2,1-3H3,(H,22,26)(H,24,27). The fraction of sp³-hybridized carbons (Fsp3) is 0.650. The zero-order valence-electron chi connectivity index (χ0n) is 16.3. The first-order valence-electron chi connectivity index (χ1n) is 9.95. The monoisotopic (exact) mass is 371 g/mol. The second-order valence-corrected chi connectivity index (χ2v) is 8.41. The molecular weight excluding hydrogens is 342 g/mol. The molecule has 2 saturated carbocycles. The van der Waals surface area contributed by atoms with Crippen LogP contribution in [0.2, 0.25) is 0 Å². The van der Waals surface area contributed by atoms with Gasteiger partial charge < -0.3 is 11.1 Å². The molecule has 2 fully saturated rings. The molecule has 0 saturated heterocycles. The van der Waals surface area contributed by atoms with E-state index in [9.17, 15) is 9.59 Å². The van der Waals surface area contributed by atoms with Crippen LogP contribution in [0.5, 0.6) is 0 Å². The van der Waals surface area contributed by atoms with Gasteiger partial charge in [0.05, 0.1) is 5.39 Å². The van der Waals surface area contributed by atoms with Gasteiger partial charge in [0.25, 0.3) is 5.56 Å². The lowest BCUT2D eigenvalue weighted by atomic mass is 9.65. The highest BCUT2D eigenvalue weighted by Gasteiger charge is 2.40. The number of aromatic amines is 1. The van der Waals surface area contributed by atoms with Crippen molar-refractivity contribution in [3.8, 4) is 0 Å². The molecule has 2 heterocycles. The van der Waals surface area contributed by atoms with E-state index in [-0.39, 0.29) is 23.4 Å². The molecule has 2 aromatic rings. The zero-order valence-corrected chi connectivity index (χ0v) is 16.3. The van der Waals surface area contributed by atoms with Gasteiger partial charge in [-0.2, -0.15) is 0 Å². The predicted octanol–water partition coefficient (Wildman–Crippen LogP) is 1.65. The van der Waals surface area contributed by atoms with Gasteiger partial charge in [-0.05, 0) is 62.5 Å². The number of pyridine rings is 1. The highest BCUT2D eigenvalue weighted by Crippen LogP contribution is 2.41. The highest BCUT2D eigenvalue weighted by atomic mass is 16.2. The number of hydrogen-bond donors (Lipinski definition) is 3. The molecule has 0 radical (unpaired) electrons. The van der Waals surface area contributed by atoms with Gasteiger partial charge in [-0.15, -0.1) is 0 Å².